The van der Waals surface area contributed by atoms with Crippen molar-refractivity contribution >= 4 is 0 Å². The lowest BCUT2D eigenvalue weighted by Crippen LogP contribution is -2.30. The molecule has 2 unspecified atom stereocenters. The van der Waals surface area contributed by atoms with Crippen LogP contribution in [0.25, 0.3) is 0 Å². The van der Waals surface area contributed by atoms with E-state index < -0.39 is 23.4 Å². The van der Waals surface area contributed by atoms with Gasteiger partial charge in [0.05, 0.1) is 12.5 Å². The SMILES string of the molecule is C=CC1CCC(C2=CC3c4ccc(OCC)c(F)c4C3C(F)=C2F)CC1. The molecule has 1 aromatic rings. The second kappa shape index (κ2) is 6.64. The average Bonchev–Trinajstić information content (AvgIpc) is 2.64. The maximum absolute atomic E-state index is 14.8. The Balaban J connectivity index is 1.66. The molecular formula is C22H23F3O. The molecule has 3 aliphatic rings. The Morgan fingerprint density at radius 1 is 1.15 bits per heavy atom. The summed E-state index contributed by atoms with van der Waals surface area (Å²) in [5.74, 6) is -2.67. The Morgan fingerprint density at radius 3 is 2.54 bits per heavy atom. The van der Waals surface area contributed by atoms with Gasteiger partial charge in [0.15, 0.2) is 17.4 Å². The van der Waals surface area contributed by atoms with Crippen molar-refractivity contribution in [3.63, 3.8) is 0 Å². The normalized spacial score (nSPS) is 30.1. The minimum absolute atomic E-state index is 0.0366. The number of rotatable bonds is 4. The number of hydrogen-bond donors (Lipinski definition) is 0. The molecule has 0 spiro atoms. The quantitative estimate of drug-likeness (QED) is 0.558. The van der Waals surface area contributed by atoms with Crippen LogP contribution in [0.5, 0.6) is 5.75 Å². The molecule has 0 saturated heterocycles. The average molecular weight is 360 g/mol. The Hall–Kier alpha value is -1.97. The molecule has 1 aromatic carbocycles. The molecule has 0 amide bonds. The van der Waals surface area contributed by atoms with Crippen molar-refractivity contribution in [2.75, 3.05) is 6.61 Å². The summed E-state index contributed by atoms with van der Waals surface area (Å²) in [5.41, 5.74) is 1.47. The van der Waals surface area contributed by atoms with Crippen LogP contribution in [0.4, 0.5) is 13.2 Å². The van der Waals surface area contributed by atoms with Gasteiger partial charge >= 0.3 is 0 Å². The van der Waals surface area contributed by atoms with Crippen molar-refractivity contribution in [3.8, 4) is 5.75 Å². The highest BCUT2D eigenvalue weighted by molar-refractivity contribution is 5.60. The number of fused-ring (bicyclic) bond motifs is 4. The molecule has 0 aliphatic heterocycles. The van der Waals surface area contributed by atoms with Crippen LogP contribution in [-0.2, 0) is 0 Å². The van der Waals surface area contributed by atoms with E-state index in [1.54, 1.807) is 19.1 Å². The van der Waals surface area contributed by atoms with E-state index in [1.807, 2.05) is 12.2 Å². The monoisotopic (exact) mass is 360 g/mol. The molecule has 0 aromatic heterocycles. The fraction of sp³-hybridized carbons (Fsp3) is 0.455. The van der Waals surface area contributed by atoms with E-state index >= 15 is 0 Å². The Morgan fingerprint density at radius 2 is 1.88 bits per heavy atom. The highest BCUT2D eigenvalue weighted by Crippen LogP contribution is 2.59. The van der Waals surface area contributed by atoms with Gasteiger partial charge in [-0.1, -0.05) is 18.2 Å². The molecule has 26 heavy (non-hydrogen) atoms. The molecule has 0 radical (unpaired) electrons. The molecule has 1 nitrogen and oxygen atoms in total. The third kappa shape index (κ3) is 2.53. The van der Waals surface area contributed by atoms with Crippen LogP contribution in [0.1, 0.15) is 55.6 Å². The zero-order valence-corrected chi connectivity index (χ0v) is 14.9. The molecule has 1 fully saturated rings. The van der Waals surface area contributed by atoms with Gasteiger partial charge in [0.25, 0.3) is 0 Å². The van der Waals surface area contributed by atoms with Gasteiger partial charge in [-0.25, -0.2) is 13.2 Å². The van der Waals surface area contributed by atoms with Gasteiger partial charge in [-0.05, 0) is 61.6 Å². The maximum atomic E-state index is 14.8. The topological polar surface area (TPSA) is 9.23 Å². The summed E-state index contributed by atoms with van der Waals surface area (Å²) in [5, 5.41) is 0. The van der Waals surface area contributed by atoms with Crippen molar-refractivity contribution < 1.29 is 17.9 Å². The predicted molar refractivity (Wildman–Crippen MR) is 96.0 cm³/mol. The van der Waals surface area contributed by atoms with E-state index in [9.17, 15) is 13.2 Å². The van der Waals surface area contributed by atoms with Crippen LogP contribution in [0.2, 0.25) is 0 Å². The third-order valence-electron chi connectivity index (χ3n) is 6.15. The van der Waals surface area contributed by atoms with E-state index in [-0.39, 0.29) is 23.1 Å². The zero-order chi connectivity index (χ0) is 18.4. The number of halogens is 3. The van der Waals surface area contributed by atoms with Gasteiger partial charge in [0.1, 0.15) is 5.83 Å². The summed E-state index contributed by atoms with van der Waals surface area (Å²) >= 11 is 0. The summed E-state index contributed by atoms with van der Waals surface area (Å²) in [6.45, 7) is 5.92. The van der Waals surface area contributed by atoms with Crippen molar-refractivity contribution in [1.29, 1.82) is 0 Å². The number of hydrogen-bond acceptors (Lipinski definition) is 1. The van der Waals surface area contributed by atoms with E-state index in [1.165, 1.54) is 0 Å². The molecule has 1 saturated carbocycles. The number of ether oxygens (including phenoxy) is 1. The minimum atomic E-state index is -0.848. The first-order valence-electron chi connectivity index (χ1n) is 9.41. The van der Waals surface area contributed by atoms with Gasteiger partial charge in [-0.2, -0.15) is 0 Å². The van der Waals surface area contributed by atoms with E-state index in [0.29, 0.717) is 18.1 Å². The van der Waals surface area contributed by atoms with Crippen LogP contribution < -0.4 is 4.74 Å². The van der Waals surface area contributed by atoms with Crippen LogP contribution in [0, 0.1) is 17.7 Å². The van der Waals surface area contributed by atoms with E-state index in [2.05, 4.69) is 6.58 Å². The standard InChI is InChI=1S/C22H23F3O/c1-3-12-5-7-13(8-6-12)15-11-16-14-9-10-17(26-4-2)21(24)18(14)19(16)22(25)20(15)23/h3,9-13,16,19H,1,4-8H2,2H3. The molecule has 3 aliphatic carbocycles. The zero-order valence-electron chi connectivity index (χ0n) is 14.9. The van der Waals surface area contributed by atoms with Gasteiger partial charge in [0, 0.05) is 11.5 Å². The fourth-order valence-electron chi connectivity index (χ4n) is 4.72. The lowest BCUT2D eigenvalue weighted by Gasteiger charge is -2.42. The molecule has 138 valence electrons. The lowest BCUT2D eigenvalue weighted by atomic mass is 9.62. The molecular weight excluding hydrogens is 337 g/mol. The Bertz CT molecular complexity index is 800. The molecule has 4 rings (SSSR count). The van der Waals surface area contributed by atoms with Gasteiger partial charge in [0.2, 0.25) is 0 Å². The summed E-state index contributed by atoms with van der Waals surface area (Å²) < 4.78 is 49.5. The first kappa shape index (κ1) is 17.4. The number of benzene rings is 1. The minimum Gasteiger partial charge on any atom is -0.491 e. The predicted octanol–water partition coefficient (Wildman–Crippen LogP) is 6.49. The van der Waals surface area contributed by atoms with Gasteiger partial charge in [-0.15, -0.1) is 6.58 Å². The maximum Gasteiger partial charge on any atom is 0.169 e. The largest absolute Gasteiger partial charge is 0.491 e. The van der Waals surface area contributed by atoms with E-state index in [4.69, 9.17) is 4.74 Å². The third-order valence-corrected chi connectivity index (χ3v) is 6.15. The summed E-state index contributed by atoms with van der Waals surface area (Å²) in [6.07, 6.45) is 7.38. The Kier molecular flexibility index (Phi) is 4.45. The first-order chi connectivity index (χ1) is 12.6. The van der Waals surface area contributed by atoms with Gasteiger partial charge in [-0.3, -0.25) is 0 Å². The highest BCUT2D eigenvalue weighted by Gasteiger charge is 2.47. The molecule has 0 heterocycles. The summed E-state index contributed by atoms with van der Waals surface area (Å²) in [6, 6.07) is 3.37. The molecule has 4 heteroatoms. The molecule has 0 bridgehead atoms. The second-order valence-electron chi connectivity index (χ2n) is 7.45. The first-order valence-corrected chi connectivity index (χ1v) is 9.41. The highest BCUT2D eigenvalue weighted by atomic mass is 19.2. The lowest BCUT2D eigenvalue weighted by molar-refractivity contribution is 0.310. The smallest absolute Gasteiger partial charge is 0.169 e. The van der Waals surface area contributed by atoms with Crippen LogP contribution in [-0.4, -0.2) is 6.61 Å². The summed E-state index contributed by atoms with van der Waals surface area (Å²) in [4.78, 5) is 0. The Labute approximate surface area is 152 Å². The second-order valence-corrected chi connectivity index (χ2v) is 7.45. The van der Waals surface area contributed by atoms with Crippen molar-refractivity contribution in [1.82, 2.24) is 0 Å². The summed E-state index contributed by atoms with van der Waals surface area (Å²) in [7, 11) is 0. The van der Waals surface area contributed by atoms with Crippen LogP contribution in [0.3, 0.4) is 0 Å². The fourth-order valence-corrected chi connectivity index (χ4v) is 4.72. The number of allylic oxidation sites excluding steroid dienone is 5. The van der Waals surface area contributed by atoms with Crippen LogP contribution >= 0.6 is 0 Å². The van der Waals surface area contributed by atoms with Crippen molar-refractivity contribution in [2.24, 2.45) is 11.8 Å². The van der Waals surface area contributed by atoms with Gasteiger partial charge < -0.3 is 4.74 Å². The molecule has 0 N–H and O–H groups in total. The van der Waals surface area contributed by atoms with Crippen LogP contribution in [0.15, 0.2) is 48.1 Å². The van der Waals surface area contributed by atoms with Crippen molar-refractivity contribution in [2.45, 2.75) is 44.4 Å². The van der Waals surface area contributed by atoms with Crippen molar-refractivity contribution in [3.05, 3.63) is 65.0 Å². The molecule has 2 atom stereocenters. The van der Waals surface area contributed by atoms with E-state index in [0.717, 1.165) is 31.2 Å².